The zero-order chi connectivity index (χ0) is 79.9. The molecule has 0 rings (SSSR count). The van der Waals surface area contributed by atoms with Crippen molar-refractivity contribution in [3.8, 4) is 0 Å². The highest BCUT2D eigenvalue weighted by molar-refractivity contribution is 9.11. The Bertz CT molecular complexity index is 2520. The van der Waals surface area contributed by atoms with Gasteiger partial charge in [-0.3, -0.25) is 57.5 Å². The van der Waals surface area contributed by atoms with E-state index in [0.29, 0.717) is 19.6 Å². The lowest BCUT2D eigenvalue weighted by Gasteiger charge is -2.42. The molecule has 0 aliphatic rings. The molecule has 0 bridgehead atoms. The Morgan fingerprint density at radius 1 is 0.320 bits per heavy atom. The Balaban J connectivity index is 7.02. The lowest BCUT2D eigenvalue weighted by atomic mass is 9.77. The molecule has 0 aromatic carbocycles. The van der Waals surface area contributed by atoms with Crippen LogP contribution in [0.15, 0.2) is 0 Å². The minimum absolute atomic E-state index is 0.00233. The molecule has 0 saturated heterocycles. The molecule has 0 aromatic rings. The number of esters is 6. The van der Waals surface area contributed by atoms with Crippen molar-refractivity contribution in [2.45, 2.75) is 213 Å². The third-order valence-electron chi connectivity index (χ3n) is 14.8. The first-order chi connectivity index (χ1) is 46.8. The van der Waals surface area contributed by atoms with Crippen LogP contribution in [-0.2, 0) is 105 Å². The molecule has 29 nitrogen and oxygen atoms in total. The lowest BCUT2D eigenvalue weighted by Crippen LogP contribution is -2.56. The second-order valence-electron chi connectivity index (χ2n) is 30.5. The first-order valence-electron chi connectivity index (χ1n) is 33.7. The summed E-state index contributed by atoms with van der Waals surface area (Å²) in [6, 6.07) is 0. The molecular weight excluding hydrogens is 1750 g/mol. The molecule has 0 aromatic heterocycles. The van der Waals surface area contributed by atoms with Gasteiger partial charge in [0.15, 0.2) is 0 Å². The van der Waals surface area contributed by atoms with Crippen LogP contribution in [0.25, 0.3) is 0 Å². The van der Waals surface area contributed by atoms with Gasteiger partial charge in [-0.05, 0) is 151 Å². The third kappa shape index (κ3) is 43.8. The van der Waals surface area contributed by atoms with E-state index in [9.17, 15) is 57.5 Å². The fourth-order valence-corrected chi connectivity index (χ4v) is 9.40. The highest BCUT2D eigenvalue weighted by Crippen LogP contribution is 2.34. The number of rotatable bonds is 52. The molecule has 0 radical (unpaired) electrons. The van der Waals surface area contributed by atoms with E-state index in [2.05, 4.69) is 133 Å². The van der Waals surface area contributed by atoms with E-state index < -0.39 is 184 Å². The molecule has 0 unspecified atom stereocenters. The summed E-state index contributed by atoms with van der Waals surface area (Å²) >= 11 is 19.6. The van der Waals surface area contributed by atoms with Crippen molar-refractivity contribution in [3.05, 3.63) is 0 Å². The molecule has 6 amide bonds. The SMILES string of the molecule is CCOC(C)(C)CCC(=O)NC(C)(C)COC(C)(C)CC(CNC(=O)CCNC)(CNC(=O)CCNC(=O)COCC(COC(=O)C(C)(C)Br)(COC(=O)C(C)(C)Br)COC(=O)C(C)(C)Br)CNC(=O)CCNC(=O)COCC(COC(=O)C(C)(C)Br)(COC(=O)C(C)(C)Br)COC(=O)C(C)(C)Br. The quantitative estimate of drug-likeness (QED) is 0.0184. The topological polar surface area (TPSA) is 381 Å². The van der Waals surface area contributed by atoms with Gasteiger partial charge in [-0.25, -0.2) is 0 Å². The zero-order valence-corrected chi connectivity index (χ0v) is 73.2. The Hall–Kier alpha value is -3.68. The molecular formula is C68H115Br6N7O22. The number of ether oxygens (including phenoxy) is 10. The molecule has 0 heterocycles. The van der Waals surface area contributed by atoms with Crippen LogP contribution in [0.5, 0.6) is 0 Å². The fraction of sp³-hybridized carbons (Fsp3) is 0.824. The number of hydrogen-bond acceptors (Lipinski definition) is 23. The Morgan fingerprint density at radius 2 is 0.612 bits per heavy atom. The Morgan fingerprint density at radius 3 is 0.883 bits per heavy atom. The molecule has 7 N–H and O–H groups in total. The Kier molecular flexibility index (Phi) is 42.5. The molecule has 0 atom stereocenters. The second-order valence-corrected chi connectivity index (χ2v) is 42.4. The lowest BCUT2D eigenvalue weighted by molar-refractivity contribution is -0.172. The van der Waals surface area contributed by atoms with E-state index in [-0.39, 0.29) is 83.2 Å². The van der Waals surface area contributed by atoms with Crippen LogP contribution in [-0.4, -0.2) is 240 Å². The summed E-state index contributed by atoms with van der Waals surface area (Å²) in [5.74, 6) is -7.28. The van der Waals surface area contributed by atoms with Crippen LogP contribution in [0, 0.1) is 16.2 Å². The summed E-state index contributed by atoms with van der Waals surface area (Å²) in [4.78, 5) is 159. The van der Waals surface area contributed by atoms with Gasteiger partial charge in [-0.2, -0.15) is 0 Å². The van der Waals surface area contributed by atoms with E-state index in [0.717, 1.165) is 0 Å². The normalized spacial score (nSPS) is 13.0. The van der Waals surface area contributed by atoms with Crippen LogP contribution in [0.2, 0.25) is 0 Å². The summed E-state index contributed by atoms with van der Waals surface area (Å²) < 4.78 is 50.9. The third-order valence-corrected chi connectivity index (χ3v) is 16.7. The molecule has 103 heavy (non-hydrogen) atoms. The molecule has 0 aliphatic heterocycles. The predicted octanol–water partition coefficient (Wildman–Crippen LogP) is 6.93. The average molecular weight is 1860 g/mol. The van der Waals surface area contributed by atoms with Gasteiger partial charge in [0.05, 0.1) is 47.4 Å². The molecule has 35 heteroatoms. The smallest absolute Gasteiger partial charge is 0.322 e. The summed E-state index contributed by atoms with van der Waals surface area (Å²) in [7, 11) is 1.68. The van der Waals surface area contributed by atoms with E-state index >= 15 is 0 Å². The largest absolute Gasteiger partial charge is 0.464 e. The highest BCUT2D eigenvalue weighted by atomic mass is 79.9. The number of carbonyl (C=O) groups excluding carboxylic acids is 12. The van der Waals surface area contributed by atoms with Crippen LogP contribution < -0.4 is 37.2 Å². The number of carbonyl (C=O) groups is 12. The maximum atomic E-state index is 13.9. The molecule has 0 aliphatic carbocycles. The van der Waals surface area contributed by atoms with E-state index in [1.807, 2.05) is 20.8 Å². The van der Waals surface area contributed by atoms with E-state index in [4.69, 9.17) is 47.4 Å². The van der Waals surface area contributed by atoms with Gasteiger partial charge in [0.1, 0.15) is 78.8 Å². The zero-order valence-electron chi connectivity index (χ0n) is 63.7. The number of nitrogens with one attached hydrogen (secondary N) is 7. The van der Waals surface area contributed by atoms with Gasteiger partial charge in [0.25, 0.3) is 0 Å². The number of hydrogen-bond donors (Lipinski definition) is 7. The summed E-state index contributed by atoms with van der Waals surface area (Å²) in [5.41, 5.74) is -6.83. The maximum Gasteiger partial charge on any atom is 0.322 e. The van der Waals surface area contributed by atoms with Crippen LogP contribution in [0.1, 0.15) is 170 Å². The maximum absolute atomic E-state index is 13.9. The number of halogens is 6. The van der Waals surface area contributed by atoms with Crippen molar-refractivity contribution in [2.24, 2.45) is 16.2 Å². The summed E-state index contributed by atoms with van der Waals surface area (Å²) in [5, 5.41) is 20.0. The average Bonchev–Trinajstić information content (AvgIpc) is 0.833. The molecule has 0 spiro atoms. The van der Waals surface area contributed by atoms with Crippen LogP contribution in [0.4, 0.5) is 0 Å². The highest BCUT2D eigenvalue weighted by Gasteiger charge is 2.45. The van der Waals surface area contributed by atoms with Gasteiger partial charge < -0.3 is 84.6 Å². The van der Waals surface area contributed by atoms with Gasteiger partial charge in [0, 0.05) is 77.0 Å². The first-order valence-corrected chi connectivity index (χ1v) is 38.4. The second kappa shape index (κ2) is 44.1. The molecule has 0 saturated carbocycles. The first kappa shape index (κ1) is 99.3. The van der Waals surface area contributed by atoms with Gasteiger partial charge in [-0.15, -0.1) is 0 Å². The minimum atomic E-state index is -1.53. The molecule has 0 fully saturated rings. The van der Waals surface area contributed by atoms with Crippen LogP contribution in [0.3, 0.4) is 0 Å². The number of amides is 6. The van der Waals surface area contributed by atoms with Crippen molar-refractivity contribution in [1.82, 2.24) is 37.2 Å². The predicted molar refractivity (Wildman–Crippen MR) is 407 cm³/mol. The van der Waals surface area contributed by atoms with Gasteiger partial charge in [-0.1, -0.05) is 95.6 Å². The standard InChI is InChI=1S/C68H115Br6N7O22/c1-21-102-58(4,5)26-22-48(85)81-57(2,3)36-103-59(6,7)32-66(33-78-45(82)23-27-75-20,34-79-46(83)24-28-76-49(86)30-94-37-67(39-96-51(88)60(8,9)69,40-97-52(89)61(10,11)70)41-98-53(90)62(12,13)71)35-80-47(84)25-29-77-50(87)31-95-38-68(42-99-54(91)63(14,15)72,43-100-55(92)64(16,17)73)44-101-56(93)65(18,19)74/h75H,21-44H2,1-20H3,(H,76,86)(H,77,87)(H,78,82)(H,79,83)(H,80,84)(H,81,85). The Labute approximate surface area is 658 Å². The van der Waals surface area contributed by atoms with E-state index in [1.165, 1.54) is 0 Å². The van der Waals surface area contributed by atoms with Gasteiger partial charge in [0.2, 0.25) is 35.4 Å². The van der Waals surface area contributed by atoms with Crippen molar-refractivity contribution >= 4 is 167 Å². The monoisotopic (exact) mass is 1860 g/mol. The van der Waals surface area contributed by atoms with Crippen molar-refractivity contribution in [2.75, 3.05) is 126 Å². The fourth-order valence-electron chi connectivity index (χ4n) is 8.72. The van der Waals surface area contributed by atoms with Crippen LogP contribution >= 0.6 is 95.6 Å². The number of alkyl halides is 6. The molecule has 596 valence electrons. The van der Waals surface area contributed by atoms with Gasteiger partial charge >= 0.3 is 35.8 Å². The van der Waals surface area contributed by atoms with E-state index in [1.54, 1.807) is 118 Å². The summed E-state index contributed by atoms with van der Waals surface area (Å²) in [6.07, 6.45) is 0.205. The summed E-state index contributed by atoms with van der Waals surface area (Å²) in [6.45, 7) is 26.4. The van der Waals surface area contributed by atoms with Crippen molar-refractivity contribution in [3.63, 3.8) is 0 Å². The minimum Gasteiger partial charge on any atom is -0.464 e. The van der Waals surface area contributed by atoms with Crippen molar-refractivity contribution in [1.29, 1.82) is 0 Å². The van der Waals surface area contributed by atoms with Crippen molar-refractivity contribution < 1.29 is 105 Å².